The molecular weight excluding hydrogens is 561 g/mol. The Kier molecular flexibility index (Phi) is 9.52. The van der Waals surface area contributed by atoms with Crippen LogP contribution in [0.25, 0.3) is 0 Å². The number of anilines is 1. The van der Waals surface area contributed by atoms with Crippen LogP contribution in [0.15, 0.2) is 47.6 Å². The summed E-state index contributed by atoms with van der Waals surface area (Å²) < 4.78 is 3.13. The van der Waals surface area contributed by atoms with Crippen LogP contribution in [0.1, 0.15) is 54.0 Å². The number of amides is 2. The molecule has 0 saturated carbocycles. The highest BCUT2D eigenvalue weighted by molar-refractivity contribution is 14.1. The molecule has 2 N–H and O–H groups in total. The summed E-state index contributed by atoms with van der Waals surface area (Å²) in [6.45, 7) is 9.32. The van der Waals surface area contributed by atoms with Crippen molar-refractivity contribution in [3.8, 4) is 0 Å². The molecule has 0 fully saturated rings. The maximum atomic E-state index is 12.6. The largest absolute Gasteiger partial charge is 0.352 e. The lowest BCUT2D eigenvalue weighted by atomic mass is 10.0. The summed E-state index contributed by atoms with van der Waals surface area (Å²) >= 11 is 3.65. The summed E-state index contributed by atoms with van der Waals surface area (Å²) in [5, 5.41) is 15.3. The molecular formula is C25H30IN5O2S. The summed E-state index contributed by atoms with van der Waals surface area (Å²) in [6.07, 6.45) is 0.561. The molecule has 0 atom stereocenters. The zero-order valence-electron chi connectivity index (χ0n) is 19.9. The highest BCUT2D eigenvalue weighted by atomic mass is 127. The number of rotatable bonds is 10. The van der Waals surface area contributed by atoms with Crippen molar-refractivity contribution in [3.05, 3.63) is 68.5 Å². The molecule has 0 aliphatic heterocycles. The third-order valence-electron chi connectivity index (χ3n) is 5.38. The van der Waals surface area contributed by atoms with Crippen molar-refractivity contribution in [1.29, 1.82) is 0 Å². The average molecular weight is 592 g/mol. The number of nitrogens with one attached hydrogen (secondary N) is 2. The lowest BCUT2D eigenvalue weighted by molar-refractivity contribution is -0.113. The van der Waals surface area contributed by atoms with Gasteiger partial charge in [-0.25, -0.2) is 0 Å². The number of carbonyl (C=O) groups excluding carboxylic acids is 2. The van der Waals surface area contributed by atoms with E-state index < -0.39 is 0 Å². The molecule has 0 aliphatic carbocycles. The number of carbonyl (C=O) groups is 2. The lowest BCUT2D eigenvalue weighted by Gasteiger charge is -2.14. The minimum Gasteiger partial charge on any atom is -0.352 e. The van der Waals surface area contributed by atoms with E-state index in [4.69, 9.17) is 0 Å². The van der Waals surface area contributed by atoms with Crippen LogP contribution in [0, 0.1) is 10.5 Å². The summed E-state index contributed by atoms with van der Waals surface area (Å²) in [7, 11) is 0. The van der Waals surface area contributed by atoms with E-state index in [-0.39, 0.29) is 17.6 Å². The topological polar surface area (TPSA) is 88.9 Å². The molecule has 1 aromatic heterocycles. The van der Waals surface area contributed by atoms with Gasteiger partial charge in [-0.15, -0.1) is 10.2 Å². The van der Waals surface area contributed by atoms with Crippen molar-refractivity contribution in [2.45, 2.75) is 51.7 Å². The number of aryl methyl sites for hydroxylation is 1. The van der Waals surface area contributed by atoms with Gasteiger partial charge in [0.15, 0.2) is 5.16 Å². The number of benzene rings is 2. The molecule has 34 heavy (non-hydrogen) atoms. The minimum atomic E-state index is -0.0942. The fourth-order valence-electron chi connectivity index (χ4n) is 3.58. The molecule has 2 amide bonds. The zero-order chi connectivity index (χ0) is 24.7. The molecule has 0 spiro atoms. The van der Waals surface area contributed by atoms with E-state index in [2.05, 4.69) is 63.3 Å². The van der Waals surface area contributed by atoms with Crippen molar-refractivity contribution in [2.24, 2.45) is 0 Å². The smallest absolute Gasteiger partial charge is 0.251 e. The lowest BCUT2D eigenvalue weighted by Crippen LogP contribution is -2.27. The van der Waals surface area contributed by atoms with E-state index in [0.29, 0.717) is 36.1 Å². The molecule has 3 rings (SSSR count). The van der Waals surface area contributed by atoms with Crippen molar-refractivity contribution in [2.75, 3.05) is 17.6 Å². The maximum absolute atomic E-state index is 12.6. The van der Waals surface area contributed by atoms with Crippen LogP contribution in [-0.4, -0.2) is 38.9 Å². The Labute approximate surface area is 218 Å². The third-order valence-corrected chi connectivity index (χ3v) is 7.01. The van der Waals surface area contributed by atoms with Gasteiger partial charge in [0, 0.05) is 34.3 Å². The number of nitrogens with zero attached hydrogens (tertiary/aromatic N) is 3. The first-order chi connectivity index (χ1) is 16.3. The van der Waals surface area contributed by atoms with Crippen LogP contribution in [0.4, 0.5) is 5.69 Å². The first kappa shape index (κ1) is 26.2. The maximum Gasteiger partial charge on any atom is 0.251 e. The number of aromatic nitrogens is 3. The first-order valence-electron chi connectivity index (χ1n) is 11.3. The van der Waals surface area contributed by atoms with E-state index in [0.717, 1.165) is 26.2 Å². The Morgan fingerprint density at radius 3 is 2.62 bits per heavy atom. The van der Waals surface area contributed by atoms with Crippen molar-refractivity contribution < 1.29 is 9.59 Å². The van der Waals surface area contributed by atoms with Crippen molar-refractivity contribution in [3.63, 3.8) is 0 Å². The summed E-state index contributed by atoms with van der Waals surface area (Å²) in [5.74, 6) is 1.17. The van der Waals surface area contributed by atoms with Crippen LogP contribution < -0.4 is 10.6 Å². The van der Waals surface area contributed by atoms with E-state index in [1.54, 1.807) is 0 Å². The second kappa shape index (κ2) is 12.3. The predicted molar refractivity (Wildman–Crippen MR) is 146 cm³/mol. The van der Waals surface area contributed by atoms with Crippen LogP contribution in [-0.2, 0) is 17.8 Å². The normalized spacial score (nSPS) is 11.0. The van der Waals surface area contributed by atoms with E-state index in [1.165, 1.54) is 11.8 Å². The first-order valence-corrected chi connectivity index (χ1v) is 13.3. The van der Waals surface area contributed by atoms with Gasteiger partial charge >= 0.3 is 0 Å². The van der Waals surface area contributed by atoms with Gasteiger partial charge in [0.05, 0.1) is 5.75 Å². The Morgan fingerprint density at radius 1 is 1.15 bits per heavy atom. The molecule has 0 saturated heterocycles. The van der Waals surface area contributed by atoms with Gasteiger partial charge in [-0.3, -0.25) is 9.59 Å². The SMILES string of the molecule is CCn1c(CCNC(=O)c2ccccc2C)nnc1SCC(=O)Nc1ccc(I)cc1C(C)C. The monoisotopic (exact) mass is 591 g/mol. The molecule has 2 aromatic carbocycles. The summed E-state index contributed by atoms with van der Waals surface area (Å²) in [4.78, 5) is 25.0. The van der Waals surface area contributed by atoms with Crippen molar-refractivity contribution >= 4 is 51.9 Å². The van der Waals surface area contributed by atoms with E-state index in [9.17, 15) is 9.59 Å². The van der Waals surface area contributed by atoms with Gasteiger partial charge in [-0.05, 0) is 77.7 Å². The summed E-state index contributed by atoms with van der Waals surface area (Å²) in [6, 6.07) is 13.6. The Bertz CT molecular complexity index is 1160. The van der Waals surface area contributed by atoms with Gasteiger partial charge in [-0.1, -0.05) is 43.8 Å². The quantitative estimate of drug-likeness (QED) is 0.255. The van der Waals surface area contributed by atoms with Crippen LogP contribution in [0.5, 0.6) is 0 Å². The van der Waals surface area contributed by atoms with E-state index in [1.807, 2.05) is 54.8 Å². The molecule has 3 aromatic rings. The third kappa shape index (κ3) is 6.82. The molecule has 1 heterocycles. The van der Waals surface area contributed by atoms with E-state index >= 15 is 0 Å². The molecule has 7 nitrogen and oxygen atoms in total. The highest BCUT2D eigenvalue weighted by Gasteiger charge is 2.15. The number of thioether (sulfide) groups is 1. The minimum absolute atomic E-state index is 0.0780. The fourth-order valence-corrected chi connectivity index (χ4v) is 4.92. The van der Waals surface area contributed by atoms with Crippen LogP contribution in [0.3, 0.4) is 0 Å². The van der Waals surface area contributed by atoms with Gasteiger partial charge in [0.1, 0.15) is 5.82 Å². The Hall–Kier alpha value is -2.40. The average Bonchev–Trinajstić information content (AvgIpc) is 3.20. The Balaban J connectivity index is 1.56. The highest BCUT2D eigenvalue weighted by Crippen LogP contribution is 2.27. The molecule has 0 aliphatic rings. The Morgan fingerprint density at radius 2 is 1.91 bits per heavy atom. The number of hydrogen-bond donors (Lipinski definition) is 2. The number of halogens is 1. The van der Waals surface area contributed by atoms with Gasteiger partial charge < -0.3 is 15.2 Å². The molecule has 180 valence electrons. The zero-order valence-corrected chi connectivity index (χ0v) is 22.9. The predicted octanol–water partition coefficient (Wildman–Crippen LogP) is 5.04. The molecule has 9 heteroatoms. The van der Waals surface area contributed by atoms with Crippen LogP contribution >= 0.6 is 34.4 Å². The molecule has 0 unspecified atom stereocenters. The van der Waals surface area contributed by atoms with Crippen molar-refractivity contribution in [1.82, 2.24) is 20.1 Å². The van der Waals surface area contributed by atoms with Gasteiger partial charge in [0.25, 0.3) is 5.91 Å². The standard InChI is InChI=1S/C25H30IN5O2S/c1-5-31-22(12-13-27-24(33)19-9-7-6-8-17(19)4)29-30-25(31)34-15-23(32)28-21-11-10-18(26)14-20(21)16(2)3/h6-11,14,16H,5,12-13,15H2,1-4H3,(H,27,33)(H,28,32). The van der Waals surface area contributed by atoms with Crippen LogP contribution in [0.2, 0.25) is 0 Å². The summed E-state index contributed by atoms with van der Waals surface area (Å²) in [5.41, 5.74) is 3.59. The second-order valence-electron chi connectivity index (χ2n) is 8.19. The number of hydrogen-bond acceptors (Lipinski definition) is 5. The second-order valence-corrected chi connectivity index (χ2v) is 10.4. The van der Waals surface area contributed by atoms with Gasteiger partial charge in [-0.2, -0.15) is 0 Å². The van der Waals surface area contributed by atoms with Gasteiger partial charge in [0.2, 0.25) is 5.91 Å². The fraction of sp³-hybridized carbons (Fsp3) is 0.360. The molecule has 0 radical (unpaired) electrons. The molecule has 0 bridgehead atoms.